The largest absolute Gasteiger partial charge is 0.496 e. The Morgan fingerprint density at radius 2 is 1.62 bits per heavy atom. The van der Waals surface area contributed by atoms with Gasteiger partial charge in [-0.1, -0.05) is 84.0 Å². The summed E-state index contributed by atoms with van der Waals surface area (Å²) in [6.07, 6.45) is 3.00. The Kier molecular flexibility index (Phi) is 7.54. The van der Waals surface area contributed by atoms with E-state index in [9.17, 15) is 14.7 Å². The summed E-state index contributed by atoms with van der Waals surface area (Å²) in [5, 5.41) is 14.5. The van der Waals surface area contributed by atoms with Gasteiger partial charge in [-0.25, -0.2) is 4.79 Å². The Morgan fingerprint density at radius 3 is 2.17 bits per heavy atom. The number of hydrogen-bond acceptors (Lipinski definition) is 4. The molecule has 0 aromatic heterocycles. The lowest BCUT2D eigenvalue weighted by Gasteiger charge is -2.35. The molecule has 0 bridgehead atoms. The van der Waals surface area contributed by atoms with Crippen molar-refractivity contribution in [3.8, 4) is 5.75 Å². The Labute approximate surface area is 239 Å². The molecule has 6 atom stereocenters. The topological polar surface area (TPSA) is 78.9 Å². The van der Waals surface area contributed by atoms with Gasteiger partial charge in [0, 0.05) is 30.0 Å². The number of fused-ring (bicyclic) bond motifs is 1. The number of carbonyl (C=O) groups is 2. The van der Waals surface area contributed by atoms with Crippen molar-refractivity contribution in [2.24, 2.45) is 29.1 Å². The number of ether oxygens (including phenoxy) is 1. The van der Waals surface area contributed by atoms with Crippen LogP contribution in [0.2, 0.25) is 0 Å². The number of carboxylic acid groups (broad SMARTS) is 1. The number of nitrogens with one attached hydrogen (secondary N) is 1. The Hall–Kier alpha value is -2.86. The molecule has 2 saturated carbocycles. The molecule has 0 spiro atoms. The number of rotatable bonds is 7. The fourth-order valence-electron chi connectivity index (χ4n) is 7.47. The number of aliphatic carboxylic acids is 1. The van der Waals surface area contributed by atoms with Crippen LogP contribution in [0.3, 0.4) is 0 Å². The van der Waals surface area contributed by atoms with Gasteiger partial charge in [0.25, 0.3) is 0 Å². The number of benzene rings is 2. The molecule has 40 heavy (non-hydrogen) atoms. The number of methoxy groups -OCH3 is 1. The first-order valence-electron chi connectivity index (χ1n) is 14.8. The predicted molar refractivity (Wildman–Crippen MR) is 157 cm³/mol. The van der Waals surface area contributed by atoms with E-state index < -0.39 is 12.0 Å². The smallest absolute Gasteiger partial charge is 0.326 e. The molecule has 6 heteroatoms. The van der Waals surface area contributed by atoms with E-state index in [0.29, 0.717) is 18.4 Å². The van der Waals surface area contributed by atoms with E-state index in [1.54, 1.807) is 12.0 Å². The Bertz CT molecular complexity index is 1230. The minimum absolute atomic E-state index is 0.0133. The van der Waals surface area contributed by atoms with Crippen molar-refractivity contribution in [2.75, 3.05) is 7.11 Å². The highest BCUT2D eigenvalue weighted by Gasteiger charge is 2.60. The van der Waals surface area contributed by atoms with E-state index in [4.69, 9.17) is 4.74 Å². The van der Waals surface area contributed by atoms with Gasteiger partial charge in [-0.2, -0.15) is 0 Å². The lowest BCUT2D eigenvalue weighted by Crippen LogP contribution is -2.49. The van der Waals surface area contributed by atoms with Gasteiger partial charge >= 0.3 is 5.97 Å². The van der Waals surface area contributed by atoms with Gasteiger partial charge in [-0.15, -0.1) is 0 Å². The fourth-order valence-corrected chi connectivity index (χ4v) is 7.47. The van der Waals surface area contributed by atoms with Crippen LogP contribution >= 0.6 is 0 Å². The molecule has 2 unspecified atom stereocenters. The molecule has 2 aromatic carbocycles. The predicted octanol–water partition coefficient (Wildman–Crippen LogP) is 6.20. The van der Waals surface area contributed by atoms with Crippen LogP contribution in [0.25, 0.3) is 0 Å². The Morgan fingerprint density at radius 1 is 0.975 bits per heavy atom. The van der Waals surface area contributed by atoms with Crippen LogP contribution in [-0.4, -0.2) is 41.1 Å². The van der Waals surface area contributed by atoms with Crippen LogP contribution in [0.15, 0.2) is 48.5 Å². The summed E-state index contributed by atoms with van der Waals surface area (Å²) < 4.78 is 5.74. The standard InChI is InChI=1S/C34H46N2O4/c1-33(2,3)25-13-14-26(40-7)24(18-25)19-35-28-27(34(4,5)6)30(32(38)39)36(29(28)20-11-9-8-10-12-20)31(37)23-16-21-15-22(21)17-23/h8-14,18,21-23,27-30,35H,15-17,19H2,1-7H3,(H,38,39)/t21?,22?,23?,27-,28-,29-,30-/m0/s1. The zero-order valence-electron chi connectivity index (χ0n) is 25.1. The lowest BCUT2D eigenvalue weighted by molar-refractivity contribution is -0.154. The highest BCUT2D eigenvalue weighted by Crippen LogP contribution is 2.56. The number of carbonyl (C=O) groups excluding carboxylic acids is 1. The molecule has 1 amide bonds. The molecular formula is C34H46N2O4. The number of amides is 1. The average Bonchev–Trinajstić information content (AvgIpc) is 3.34. The lowest BCUT2D eigenvalue weighted by atomic mass is 9.72. The maximum absolute atomic E-state index is 14.3. The zero-order valence-corrected chi connectivity index (χ0v) is 25.1. The van der Waals surface area contributed by atoms with E-state index in [2.05, 4.69) is 59.0 Å². The van der Waals surface area contributed by atoms with Gasteiger partial charge in [0.1, 0.15) is 11.8 Å². The molecule has 2 N–H and O–H groups in total. The quantitative estimate of drug-likeness (QED) is 0.433. The number of hydrogen-bond donors (Lipinski definition) is 2. The second-order valence-corrected chi connectivity index (χ2v) is 14.4. The van der Waals surface area contributed by atoms with E-state index in [1.165, 1.54) is 12.0 Å². The van der Waals surface area contributed by atoms with Crippen molar-refractivity contribution >= 4 is 11.9 Å². The summed E-state index contributed by atoms with van der Waals surface area (Å²) >= 11 is 0. The van der Waals surface area contributed by atoms with Crippen molar-refractivity contribution in [1.29, 1.82) is 0 Å². The van der Waals surface area contributed by atoms with E-state index in [-0.39, 0.29) is 40.7 Å². The molecule has 6 nitrogen and oxygen atoms in total. The van der Waals surface area contributed by atoms with Crippen molar-refractivity contribution in [3.63, 3.8) is 0 Å². The Balaban J connectivity index is 1.57. The zero-order chi connectivity index (χ0) is 29.0. The van der Waals surface area contributed by atoms with E-state index >= 15 is 0 Å². The third-order valence-corrected chi connectivity index (χ3v) is 9.58. The summed E-state index contributed by atoms with van der Waals surface area (Å²) in [5.41, 5.74) is 2.84. The van der Waals surface area contributed by atoms with Gasteiger partial charge in [-0.05, 0) is 59.1 Å². The van der Waals surface area contributed by atoms with Crippen molar-refractivity contribution in [3.05, 3.63) is 65.2 Å². The summed E-state index contributed by atoms with van der Waals surface area (Å²) in [5.74, 6) is 0.796. The first kappa shape index (κ1) is 28.7. The van der Waals surface area contributed by atoms with Gasteiger partial charge in [0.05, 0.1) is 13.2 Å². The van der Waals surface area contributed by atoms with Crippen LogP contribution in [0, 0.1) is 29.1 Å². The minimum Gasteiger partial charge on any atom is -0.496 e. The van der Waals surface area contributed by atoms with Gasteiger partial charge in [0.15, 0.2) is 0 Å². The van der Waals surface area contributed by atoms with Gasteiger partial charge < -0.3 is 20.1 Å². The molecule has 2 aromatic rings. The third kappa shape index (κ3) is 5.39. The summed E-state index contributed by atoms with van der Waals surface area (Å²) in [6.45, 7) is 13.4. The molecule has 5 rings (SSSR count). The van der Waals surface area contributed by atoms with E-state index in [0.717, 1.165) is 29.7 Å². The summed E-state index contributed by atoms with van der Waals surface area (Å²) in [7, 11) is 1.68. The molecule has 3 fully saturated rings. The van der Waals surface area contributed by atoms with Crippen LogP contribution in [0.5, 0.6) is 5.75 Å². The normalized spacial score (nSPS) is 29.8. The van der Waals surface area contributed by atoms with Crippen molar-refractivity contribution in [2.45, 2.75) is 90.9 Å². The first-order valence-corrected chi connectivity index (χ1v) is 14.8. The third-order valence-electron chi connectivity index (χ3n) is 9.58. The number of likely N-dealkylation sites (tertiary alicyclic amines) is 1. The maximum atomic E-state index is 14.3. The minimum atomic E-state index is -0.922. The summed E-state index contributed by atoms with van der Waals surface area (Å²) in [4.78, 5) is 29.1. The van der Waals surface area contributed by atoms with Gasteiger partial charge in [-0.3, -0.25) is 4.79 Å². The first-order chi connectivity index (χ1) is 18.8. The average molecular weight is 547 g/mol. The summed E-state index contributed by atoms with van der Waals surface area (Å²) in [6, 6.07) is 14.8. The van der Waals surface area contributed by atoms with Crippen molar-refractivity contribution in [1.82, 2.24) is 10.2 Å². The number of nitrogens with zero attached hydrogens (tertiary/aromatic N) is 1. The van der Waals surface area contributed by atoms with Gasteiger partial charge in [0.2, 0.25) is 5.91 Å². The maximum Gasteiger partial charge on any atom is 0.326 e. The van der Waals surface area contributed by atoms with Crippen LogP contribution in [-0.2, 0) is 21.5 Å². The van der Waals surface area contributed by atoms with E-state index in [1.807, 2.05) is 36.4 Å². The molecule has 0 radical (unpaired) electrons. The highest BCUT2D eigenvalue weighted by molar-refractivity contribution is 5.87. The van der Waals surface area contributed by atoms with Crippen LogP contribution < -0.4 is 10.1 Å². The van der Waals surface area contributed by atoms with Crippen LogP contribution in [0.4, 0.5) is 0 Å². The number of carboxylic acids is 1. The highest BCUT2D eigenvalue weighted by atomic mass is 16.5. The van der Waals surface area contributed by atoms with Crippen molar-refractivity contribution < 1.29 is 19.4 Å². The second kappa shape index (κ2) is 10.5. The molecule has 1 saturated heterocycles. The molecule has 1 heterocycles. The molecule has 3 aliphatic rings. The molecule has 1 aliphatic heterocycles. The van der Waals surface area contributed by atoms with Crippen LogP contribution in [0.1, 0.15) is 83.5 Å². The molecule has 216 valence electrons. The SMILES string of the molecule is COc1ccc(C(C)(C)C)cc1CN[C@H]1[C@H](C(C)(C)C)[C@@H](C(=O)O)N(C(=O)C2CC3CC3C2)[C@H]1c1ccccc1. The second-order valence-electron chi connectivity index (χ2n) is 14.4. The fraction of sp³-hybridized carbons (Fsp3) is 0.588. The molecular weight excluding hydrogens is 500 g/mol. The monoisotopic (exact) mass is 546 g/mol. The molecule has 2 aliphatic carbocycles.